The number of aromatic nitrogens is 6. The number of para-hydroxylation sites is 1. The Hall–Kier alpha value is -4.65. The molecule has 0 radical (unpaired) electrons. The van der Waals surface area contributed by atoms with Crippen LogP contribution >= 0.6 is 0 Å². The number of benzene rings is 1. The largest absolute Gasteiger partial charge is 0.383 e. The third-order valence-corrected chi connectivity index (χ3v) is 8.32. The van der Waals surface area contributed by atoms with Crippen molar-refractivity contribution in [1.82, 2.24) is 34.4 Å². The molecule has 1 aliphatic rings. The first-order chi connectivity index (χ1) is 22.3. The van der Waals surface area contributed by atoms with E-state index < -0.39 is 12.1 Å². The Morgan fingerprint density at radius 1 is 1.09 bits per heavy atom. The molecule has 1 fully saturated rings. The molecule has 5 aromatic rings. The second kappa shape index (κ2) is 13.8. The van der Waals surface area contributed by atoms with Crippen LogP contribution in [0.1, 0.15) is 42.7 Å². The summed E-state index contributed by atoms with van der Waals surface area (Å²) < 4.78 is 22.8. The first kappa shape index (κ1) is 31.3. The Labute approximate surface area is 266 Å². The lowest BCUT2D eigenvalue weighted by Gasteiger charge is -2.17. The van der Waals surface area contributed by atoms with Crippen LogP contribution in [0.5, 0.6) is 0 Å². The number of carbonyl (C=O) groups is 2. The number of Topliss-reactive ketones (excluding diaryl/α,β-unsaturated/α-hetero) is 2. The summed E-state index contributed by atoms with van der Waals surface area (Å²) in [5, 5.41) is 6.75. The molecule has 1 aromatic carbocycles. The summed E-state index contributed by atoms with van der Waals surface area (Å²) in [6, 6.07) is 14.7. The number of ether oxygens (including phenoxy) is 1. The lowest BCUT2D eigenvalue weighted by molar-refractivity contribution is -0.155. The van der Waals surface area contributed by atoms with Crippen molar-refractivity contribution in [2.24, 2.45) is 5.92 Å². The number of fused-ring (bicyclic) bond motifs is 1. The number of pyridine rings is 2. The van der Waals surface area contributed by atoms with Gasteiger partial charge in [-0.1, -0.05) is 25.1 Å². The summed E-state index contributed by atoms with van der Waals surface area (Å²) in [6.45, 7) is 5.52. The monoisotopic (exact) mass is 625 g/mol. The summed E-state index contributed by atoms with van der Waals surface area (Å²) in [6.07, 6.45) is 5.10. The van der Waals surface area contributed by atoms with Crippen molar-refractivity contribution in [3.8, 4) is 16.9 Å². The number of methoxy groups -OCH3 is 1. The fourth-order valence-electron chi connectivity index (χ4n) is 5.93. The molecule has 46 heavy (non-hydrogen) atoms. The highest BCUT2D eigenvalue weighted by atomic mass is 19.1. The minimum atomic E-state index is -0.592. The third-order valence-electron chi connectivity index (χ3n) is 8.32. The number of halogens is 1. The number of rotatable bonds is 13. The van der Waals surface area contributed by atoms with E-state index in [-0.39, 0.29) is 36.9 Å². The van der Waals surface area contributed by atoms with E-state index in [9.17, 15) is 14.0 Å². The molecule has 0 spiro atoms. The summed E-state index contributed by atoms with van der Waals surface area (Å²) in [4.78, 5) is 44.8. The smallest absolute Gasteiger partial charge is 0.213 e. The van der Waals surface area contributed by atoms with Crippen molar-refractivity contribution in [3.63, 3.8) is 0 Å². The van der Waals surface area contributed by atoms with Crippen molar-refractivity contribution in [2.45, 2.75) is 45.8 Å². The summed E-state index contributed by atoms with van der Waals surface area (Å²) in [7, 11) is 1.62. The van der Waals surface area contributed by atoms with Gasteiger partial charge in [-0.3, -0.25) is 14.4 Å². The van der Waals surface area contributed by atoms with Gasteiger partial charge in [-0.05, 0) is 48.4 Å². The van der Waals surface area contributed by atoms with Gasteiger partial charge in [0.25, 0.3) is 0 Å². The van der Waals surface area contributed by atoms with Crippen molar-refractivity contribution >= 4 is 22.7 Å². The molecule has 0 amide bonds. The maximum absolute atomic E-state index is 14.0. The average Bonchev–Trinajstić information content (AvgIpc) is 3.75. The Kier molecular flexibility index (Phi) is 9.38. The molecule has 1 aliphatic heterocycles. The van der Waals surface area contributed by atoms with Gasteiger partial charge in [0.2, 0.25) is 5.95 Å². The molecule has 1 saturated heterocycles. The maximum atomic E-state index is 14.0. The molecule has 0 bridgehead atoms. The van der Waals surface area contributed by atoms with E-state index in [2.05, 4.69) is 15.0 Å². The second-order valence-electron chi connectivity index (χ2n) is 11.5. The molecule has 5 heterocycles. The van der Waals surface area contributed by atoms with Gasteiger partial charge in [0.05, 0.1) is 36.6 Å². The van der Waals surface area contributed by atoms with E-state index >= 15 is 0 Å². The van der Waals surface area contributed by atoms with Gasteiger partial charge in [0, 0.05) is 63.3 Å². The maximum Gasteiger partial charge on any atom is 0.213 e. The number of carbonyl (C=O) groups excluding carboxylic acids is 2. The van der Waals surface area contributed by atoms with Crippen LogP contribution in [0.15, 0.2) is 67.3 Å². The molecule has 12 heteroatoms. The molecule has 0 saturated carbocycles. The highest BCUT2D eigenvalue weighted by molar-refractivity contribution is 5.84. The number of imidazole rings is 1. The normalized spacial score (nSPS) is 16.8. The Bertz CT molecular complexity index is 1860. The van der Waals surface area contributed by atoms with Gasteiger partial charge in [-0.2, -0.15) is 14.6 Å². The van der Waals surface area contributed by atoms with Gasteiger partial charge in [-0.25, -0.2) is 19.6 Å². The molecule has 0 unspecified atom stereocenters. The zero-order chi connectivity index (χ0) is 32.2. The number of hydrogen-bond acceptors (Lipinski definition) is 9. The molecular formula is C34H36FN7O4. The quantitative estimate of drug-likeness (QED) is 0.169. The van der Waals surface area contributed by atoms with E-state index in [4.69, 9.17) is 14.7 Å². The van der Waals surface area contributed by atoms with Gasteiger partial charge in [-0.15, -0.1) is 0 Å². The van der Waals surface area contributed by atoms with Crippen LogP contribution in [0, 0.1) is 18.8 Å². The summed E-state index contributed by atoms with van der Waals surface area (Å²) in [5.41, 5.74) is 5.84. The van der Waals surface area contributed by atoms with Crippen molar-refractivity contribution in [1.29, 1.82) is 0 Å². The van der Waals surface area contributed by atoms with E-state index in [1.165, 1.54) is 12.3 Å². The summed E-state index contributed by atoms with van der Waals surface area (Å²) in [5.74, 6) is -0.671. The minimum Gasteiger partial charge on any atom is -0.383 e. The zero-order valence-electron chi connectivity index (χ0n) is 26.1. The molecular weight excluding hydrogens is 589 g/mol. The predicted octanol–water partition coefficient (Wildman–Crippen LogP) is 4.86. The zero-order valence-corrected chi connectivity index (χ0v) is 26.1. The number of hydrogen-bond donors (Lipinski definition) is 0. The van der Waals surface area contributed by atoms with E-state index in [1.807, 2.05) is 54.9 Å². The molecule has 0 N–H and O–H groups in total. The Morgan fingerprint density at radius 3 is 2.67 bits per heavy atom. The van der Waals surface area contributed by atoms with Crippen LogP contribution in [-0.2, 0) is 32.1 Å². The lowest BCUT2D eigenvalue weighted by Crippen LogP contribution is -2.24. The average molecular weight is 626 g/mol. The number of nitrogens with zero attached hydrogens (tertiary/aromatic N) is 7. The lowest BCUT2D eigenvalue weighted by atomic mass is 9.91. The standard InChI is InChI=1S/C34H36FN7O4/c1-4-27(43)20-40-21-38-29-15-24(18-37-34(29)40)32-22(2)30(42(39-32)26-8-6-5-7-9-26)17-28(44)14-25-19-41(12-13-45-3)46-33(25)23-10-11-36-31(35)16-23/h5-11,15-16,18,21,25,33H,4,12-14,17,19-20H2,1-3H3/t25-,33+/m1/s1. The fraction of sp³-hybridized carbons (Fsp3) is 0.353. The van der Waals surface area contributed by atoms with Gasteiger partial charge in [0.1, 0.15) is 17.4 Å². The highest BCUT2D eigenvalue weighted by Gasteiger charge is 2.37. The number of ketones is 2. The van der Waals surface area contributed by atoms with Gasteiger partial charge >= 0.3 is 0 Å². The predicted molar refractivity (Wildman–Crippen MR) is 168 cm³/mol. The Morgan fingerprint density at radius 2 is 1.91 bits per heavy atom. The SMILES string of the molecule is CCC(=O)Cn1cnc2cc(-c3nn(-c4ccccc4)c(CC(=O)C[C@@H]4CN(CCOC)O[C@H]4c4ccnc(F)c4)c3C)cnc21. The fourth-order valence-corrected chi connectivity index (χ4v) is 5.93. The molecule has 6 rings (SSSR count). The van der Waals surface area contributed by atoms with Crippen LogP contribution in [0.4, 0.5) is 4.39 Å². The van der Waals surface area contributed by atoms with E-state index in [0.717, 1.165) is 22.5 Å². The molecule has 238 valence electrons. The second-order valence-corrected chi connectivity index (χ2v) is 11.5. The molecule has 11 nitrogen and oxygen atoms in total. The molecule has 4 aromatic heterocycles. The van der Waals surface area contributed by atoms with Crippen LogP contribution in [0.3, 0.4) is 0 Å². The van der Waals surface area contributed by atoms with Crippen LogP contribution in [0.2, 0.25) is 0 Å². The van der Waals surface area contributed by atoms with Crippen molar-refractivity contribution in [3.05, 3.63) is 90.0 Å². The highest BCUT2D eigenvalue weighted by Crippen LogP contribution is 2.37. The van der Waals surface area contributed by atoms with Crippen molar-refractivity contribution < 1.29 is 23.6 Å². The van der Waals surface area contributed by atoms with Crippen LogP contribution < -0.4 is 0 Å². The van der Waals surface area contributed by atoms with Crippen LogP contribution in [-0.4, -0.2) is 72.7 Å². The Balaban J connectivity index is 1.29. The van der Waals surface area contributed by atoms with E-state index in [1.54, 1.807) is 35.3 Å². The van der Waals surface area contributed by atoms with E-state index in [0.29, 0.717) is 48.5 Å². The summed E-state index contributed by atoms with van der Waals surface area (Å²) >= 11 is 0. The minimum absolute atomic E-state index is 0.0152. The van der Waals surface area contributed by atoms with Crippen molar-refractivity contribution in [2.75, 3.05) is 26.8 Å². The topological polar surface area (TPSA) is 117 Å². The molecule has 2 atom stereocenters. The van der Waals surface area contributed by atoms with Gasteiger partial charge < -0.3 is 9.30 Å². The van der Waals surface area contributed by atoms with Crippen LogP contribution in [0.25, 0.3) is 28.1 Å². The van der Waals surface area contributed by atoms with Gasteiger partial charge in [0.15, 0.2) is 11.4 Å². The third kappa shape index (κ3) is 6.64. The first-order valence-electron chi connectivity index (χ1n) is 15.3. The molecule has 0 aliphatic carbocycles. The number of hydroxylamine groups is 2. The first-order valence-corrected chi connectivity index (χ1v) is 15.3.